The van der Waals surface area contributed by atoms with Crippen LogP contribution in [-0.2, 0) is 9.59 Å². The maximum Gasteiger partial charge on any atom is 0.252 e. The van der Waals surface area contributed by atoms with E-state index in [4.69, 9.17) is 10.8 Å². The van der Waals surface area contributed by atoms with Crippen LogP contribution in [0.1, 0.15) is 111 Å². The second-order valence-electron chi connectivity index (χ2n) is 9.88. The molecule has 1 rings (SSSR count). The molecule has 39 heavy (non-hydrogen) atoms. The van der Waals surface area contributed by atoms with Crippen molar-refractivity contribution in [2.24, 2.45) is 5.73 Å². The van der Waals surface area contributed by atoms with Crippen LogP contribution >= 0.6 is 0 Å². The lowest BCUT2D eigenvalue weighted by atomic mass is 10.0. The fraction of sp³-hybridized carbons (Fsp3) is 0.600. The highest BCUT2D eigenvalue weighted by Crippen LogP contribution is 2.12. The van der Waals surface area contributed by atoms with Crippen molar-refractivity contribution >= 4 is 24.0 Å². The van der Waals surface area contributed by atoms with Crippen LogP contribution in [0, 0.1) is 0 Å². The summed E-state index contributed by atoms with van der Waals surface area (Å²) in [4.78, 5) is 47.1. The molecular weight excluding hydrogens is 498 g/mol. The van der Waals surface area contributed by atoms with Crippen molar-refractivity contribution < 1.29 is 29.4 Å². The molecule has 1 aromatic carbocycles. The van der Waals surface area contributed by atoms with Crippen LogP contribution in [0.25, 0.3) is 0 Å². The van der Waals surface area contributed by atoms with Crippen LogP contribution in [0.15, 0.2) is 36.4 Å². The van der Waals surface area contributed by atoms with Crippen molar-refractivity contribution in [2.75, 3.05) is 13.2 Å². The van der Waals surface area contributed by atoms with Gasteiger partial charge >= 0.3 is 0 Å². The molecule has 0 radical (unpaired) electrons. The molecule has 0 spiro atoms. The topological polar surface area (TPSA) is 159 Å². The summed E-state index contributed by atoms with van der Waals surface area (Å²) in [5.74, 6) is -0.968. The molecule has 218 valence electrons. The molecule has 0 aliphatic heterocycles. The van der Waals surface area contributed by atoms with Crippen LogP contribution in [0.4, 0.5) is 0 Å². The fourth-order valence-corrected chi connectivity index (χ4v) is 4.08. The minimum atomic E-state index is -0.787. The summed E-state index contributed by atoms with van der Waals surface area (Å²) in [7, 11) is 0. The Labute approximate surface area is 232 Å². The standard InChI is InChI=1S/C30H47N3O6/c31-26(23-35)27(36)18-11-9-7-5-3-1-2-4-6-8-10-12-19-28(37)33-29(38)20-15-21-32-30(39)25-17-14-13-16-24(25)22-34/h11,13-14,16-18,22,26-27,35-36H,1-10,12,15,19-21,23,31H2,(H,32,39)(H,33,37,38). The molecule has 0 saturated carbocycles. The van der Waals surface area contributed by atoms with Crippen LogP contribution < -0.4 is 16.4 Å². The van der Waals surface area contributed by atoms with E-state index >= 15 is 0 Å². The Bertz CT molecular complexity index is 889. The van der Waals surface area contributed by atoms with E-state index in [1.165, 1.54) is 25.7 Å². The molecule has 0 heterocycles. The zero-order chi connectivity index (χ0) is 28.7. The van der Waals surface area contributed by atoms with Gasteiger partial charge in [0, 0.05) is 30.5 Å². The number of carbonyl (C=O) groups excluding carboxylic acids is 4. The minimum absolute atomic E-state index is 0.139. The molecule has 0 aliphatic carbocycles. The summed E-state index contributed by atoms with van der Waals surface area (Å²) in [5.41, 5.74) is 6.15. The van der Waals surface area contributed by atoms with Crippen LogP contribution in [0.2, 0.25) is 0 Å². The molecule has 2 atom stereocenters. The third-order valence-electron chi connectivity index (χ3n) is 6.48. The molecule has 0 bridgehead atoms. The quantitative estimate of drug-likeness (QED) is 0.0846. The van der Waals surface area contributed by atoms with Gasteiger partial charge in [-0.15, -0.1) is 0 Å². The van der Waals surface area contributed by atoms with E-state index in [0.29, 0.717) is 30.3 Å². The Morgan fingerprint density at radius 1 is 0.846 bits per heavy atom. The maximum absolute atomic E-state index is 12.1. The van der Waals surface area contributed by atoms with Crippen molar-refractivity contribution in [3.05, 3.63) is 47.5 Å². The van der Waals surface area contributed by atoms with Crippen LogP contribution in [0.3, 0.4) is 0 Å². The minimum Gasteiger partial charge on any atom is -0.395 e. The van der Waals surface area contributed by atoms with Crippen LogP contribution in [0.5, 0.6) is 0 Å². The summed E-state index contributed by atoms with van der Waals surface area (Å²) in [6.07, 6.45) is 16.2. The van der Waals surface area contributed by atoms with Gasteiger partial charge in [0.1, 0.15) is 0 Å². The number of allylic oxidation sites excluding steroid dienone is 1. The van der Waals surface area contributed by atoms with Gasteiger partial charge in [0.05, 0.1) is 18.8 Å². The number of aliphatic hydroxyl groups is 2. The Balaban J connectivity index is 1.94. The van der Waals surface area contributed by atoms with Gasteiger partial charge in [-0.2, -0.15) is 0 Å². The van der Waals surface area contributed by atoms with Gasteiger partial charge < -0.3 is 21.3 Å². The highest BCUT2D eigenvalue weighted by atomic mass is 16.3. The van der Waals surface area contributed by atoms with Gasteiger partial charge in [0.15, 0.2) is 6.29 Å². The average Bonchev–Trinajstić information content (AvgIpc) is 2.94. The Hall–Kier alpha value is -2.88. The number of hydrogen-bond donors (Lipinski definition) is 5. The number of benzene rings is 1. The van der Waals surface area contributed by atoms with Gasteiger partial charge in [-0.3, -0.25) is 24.5 Å². The van der Waals surface area contributed by atoms with Crippen molar-refractivity contribution in [3.8, 4) is 0 Å². The highest BCUT2D eigenvalue weighted by Gasteiger charge is 2.11. The molecule has 0 fully saturated rings. The van der Waals surface area contributed by atoms with Crippen molar-refractivity contribution in [1.82, 2.24) is 10.6 Å². The third kappa shape index (κ3) is 16.6. The number of hydrogen-bond acceptors (Lipinski definition) is 7. The molecule has 0 aliphatic rings. The molecule has 0 saturated heterocycles. The van der Waals surface area contributed by atoms with Crippen molar-refractivity contribution in [1.29, 1.82) is 0 Å². The Morgan fingerprint density at radius 2 is 1.41 bits per heavy atom. The van der Waals surface area contributed by atoms with E-state index in [9.17, 15) is 24.3 Å². The summed E-state index contributed by atoms with van der Waals surface area (Å²) in [6.45, 7) is 0.0486. The first-order valence-electron chi connectivity index (χ1n) is 14.2. The number of amides is 3. The zero-order valence-corrected chi connectivity index (χ0v) is 23.1. The first-order chi connectivity index (χ1) is 18.9. The predicted molar refractivity (Wildman–Crippen MR) is 152 cm³/mol. The average molecular weight is 546 g/mol. The lowest BCUT2D eigenvalue weighted by Gasteiger charge is -2.11. The van der Waals surface area contributed by atoms with Gasteiger partial charge in [-0.1, -0.05) is 81.7 Å². The lowest BCUT2D eigenvalue weighted by Crippen LogP contribution is -2.36. The number of aldehydes is 1. The molecule has 1 aromatic rings. The number of unbranched alkanes of at least 4 members (excludes halogenated alkanes) is 10. The van der Waals surface area contributed by atoms with Crippen molar-refractivity contribution in [2.45, 2.75) is 102 Å². The molecule has 6 N–H and O–H groups in total. The fourth-order valence-electron chi connectivity index (χ4n) is 4.08. The van der Waals surface area contributed by atoms with E-state index in [2.05, 4.69) is 10.6 Å². The number of aliphatic hydroxyl groups excluding tert-OH is 2. The van der Waals surface area contributed by atoms with Crippen molar-refractivity contribution in [3.63, 3.8) is 0 Å². The van der Waals surface area contributed by atoms with E-state index < -0.39 is 12.1 Å². The molecule has 9 nitrogen and oxygen atoms in total. The van der Waals surface area contributed by atoms with E-state index in [-0.39, 0.29) is 37.3 Å². The smallest absolute Gasteiger partial charge is 0.252 e. The SMILES string of the molecule is NC(CO)C(O)C=CCCCCCCCCCCCCC(=O)NC(=O)CCCNC(=O)c1ccccc1C=O. The third-order valence-corrected chi connectivity index (χ3v) is 6.48. The number of imide groups is 1. The lowest BCUT2D eigenvalue weighted by molar-refractivity contribution is -0.130. The molecule has 0 aromatic heterocycles. The summed E-state index contributed by atoms with van der Waals surface area (Å²) < 4.78 is 0. The molecule has 3 amide bonds. The predicted octanol–water partition coefficient (Wildman–Crippen LogP) is 3.57. The molecule has 2 unspecified atom stereocenters. The number of nitrogens with one attached hydrogen (secondary N) is 2. The Morgan fingerprint density at radius 3 is 2.03 bits per heavy atom. The number of nitrogens with two attached hydrogens (primary N) is 1. The Kier molecular flexibility index (Phi) is 19.3. The largest absolute Gasteiger partial charge is 0.395 e. The first kappa shape index (κ1) is 34.1. The maximum atomic E-state index is 12.1. The van der Waals surface area contributed by atoms with E-state index in [1.807, 2.05) is 6.08 Å². The number of rotatable bonds is 22. The second-order valence-corrected chi connectivity index (χ2v) is 9.88. The summed E-state index contributed by atoms with van der Waals surface area (Å²) >= 11 is 0. The zero-order valence-electron chi connectivity index (χ0n) is 23.1. The number of carbonyl (C=O) groups is 4. The summed E-state index contributed by atoms with van der Waals surface area (Å²) in [6, 6.07) is 5.89. The first-order valence-corrected chi connectivity index (χ1v) is 14.2. The monoisotopic (exact) mass is 545 g/mol. The van der Waals surface area contributed by atoms with Gasteiger partial charge in [0.25, 0.3) is 5.91 Å². The summed E-state index contributed by atoms with van der Waals surface area (Å²) in [5, 5.41) is 23.6. The van der Waals surface area contributed by atoms with Gasteiger partial charge in [0.2, 0.25) is 11.8 Å². The van der Waals surface area contributed by atoms with E-state index in [1.54, 1.807) is 30.3 Å². The van der Waals surface area contributed by atoms with E-state index in [0.717, 1.165) is 44.9 Å². The molecular formula is C30H47N3O6. The molecule has 9 heteroatoms. The van der Waals surface area contributed by atoms with Gasteiger partial charge in [-0.25, -0.2) is 0 Å². The van der Waals surface area contributed by atoms with Crippen LogP contribution in [-0.4, -0.2) is 59.5 Å². The second kappa shape index (κ2) is 22.0. The highest BCUT2D eigenvalue weighted by molar-refractivity contribution is 6.01. The van der Waals surface area contributed by atoms with Gasteiger partial charge in [-0.05, 0) is 31.7 Å². The normalized spacial score (nSPS) is 12.7.